The van der Waals surface area contributed by atoms with Crippen molar-refractivity contribution in [3.8, 4) is 0 Å². The first kappa shape index (κ1) is 26.2. The number of thiophene rings is 1. The summed E-state index contributed by atoms with van der Waals surface area (Å²) < 4.78 is 0. The van der Waals surface area contributed by atoms with Crippen LogP contribution >= 0.6 is 35.3 Å². The molecule has 1 aliphatic heterocycles. The number of guanidine groups is 1. The third-order valence-corrected chi connectivity index (χ3v) is 6.02. The number of hydrogen-bond acceptors (Lipinski definition) is 4. The van der Waals surface area contributed by atoms with Gasteiger partial charge in [-0.1, -0.05) is 0 Å². The maximum Gasteiger partial charge on any atom is 0.239 e. The monoisotopic (exact) mass is 535 g/mol. The summed E-state index contributed by atoms with van der Waals surface area (Å²) in [6.07, 6.45) is 4.05. The van der Waals surface area contributed by atoms with Crippen molar-refractivity contribution >= 4 is 47.2 Å². The van der Waals surface area contributed by atoms with Crippen molar-refractivity contribution in [3.05, 3.63) is 21.9 Å². The topological polar surface area (TPSA) is 60.0 Å². The minimum absolute atomic E-state index is 0. The fourth-order valence-electron chi connectivity index (χ4n) is 3.64. The number of likely N-dealkylation sites (N-methyl/N-ethyl adjacent to an activating group) is 1. The Bertz CT molecular complexity index is 649. The smallest absolute Gasteiger partial charge is 0.239 e. The molecule has 1 aromatic rings. The normalized spacial score (nSPS) is 18.2. The second-order valence-corrected chi connectivity index (χ2v) is 9.18. The molecule has 1 fully saturated rings. The molecule has 166 valence electrons. The number of nitrogens with one attached hydrogen (secondary N) is 2. The Kier molecular flexibility index (Phi) is 12.1. The van der Waals surface area contributed by atoms with Gasteiger partial charge in [0.2, 0.25) is 5.91 Å². The van der Waals surface area contributed by atoms with Gasteiger partial charge in [0, 0.05) is 55.9 Å². The molecule has 1 aromatic heterocycles. The number of halogens is 1. The Balaban J connectivity index is 0.00000420. The van der Waals surface area contributed by atoms with E-state index in [0.717, 1.165) is 57.8 Å². The number of amides is 1. The van der Waals surface area contributed by atoms with Crippen molar-refractivity contribution in [2.24, 2.45) is 4.99 Å². The summed E-state index contributed by atoms with van der Waals surface area (Å²) in [6, 6.07) is 4.78. The van der Waals surface area contributed by atoms with Gasteiger partial charge in [-0.2, -0.15) is 0 Å². The predicted octanol–water partition coefficient (Wildman–Crippen LogP) is 3.10. The molecule has 0 aliphatic carbocycles. The van der Waals surface area contributed by atoms with Crippen LogP contribution in [0.2, 0.25) is 0 Å². The van der Waals surface area contributed by atoms with Crippen LogP contribution in [0.5, 0.6) is 0 Å². The van der Waals surface area contributed by atoms with E-state index >= 15 is 0 Å². The molecule has 0 spiro atoms. The van der Waals surface area contributed by atoms with Crippen LogP contribution in [-0.4, -0.2) is 74.0 Å². The summed E-state index contributed by atoms with van der Waals surface area (Å²) >= 11 is 1.86. The molecule has 0 saturated carbocycles. The van der Waals surface area contributed by atoms with Crippen molar-refractivity contribution in [2.75, 3.05) is 40.3 Å². The van der Waals surface area contributed by atoms with Crippen LogP contribution in [0.25, 0.3) is 0 Å². The molecule has 29 heavy (non-hydrogen) atoms. The van der Waals surface area contributed by atoms with Crippen molar-refractivity contribution in [1.29, 1.82) is 0 Å². The van der Waals surface area contributed by atoms with Gasteiger partial charge in [0.05, 0.1) is 6.04 Å². The Labute approximate surface area is 197 Å². The predicted molar refractivity (Wildman–Crippen MR) is 135 cm³/mol. The van der Waals surface area contributed by atoms with Gasteiger partial charge in [-0.15, -0.1) is 35.3 Å². The molecule has 1 saturated heterocycles. The molecule has 0 bridgehead atoms. The lowest BCUT2D eigenvalue weighted by molar-refractivity contribution is -0.133. The van der Waals surface area contributed by atoms with E-state index in [1.165, 1.54) is 9.75 Å². The summed E-state index contributed by atoms with van der Waals surface area (Å²) in [5.74, 6) is 1.11. The van der Waals surface area contributed by atoms with Crippen LogP contribution in [0.1, 0.15) is 42.9 Å². The number of carbonyl (C=O) groups is 1. The van der Waals surface area contributed by atoms with Crippen LogP contribution in [0.3, 0.4) is 0 Å². The highest BCUT2D eigenvalue weighted by Crippen LogP contribution is 2.19. The maximum atomic E-state index is 12.3. The lowest BCUT2D eigenvalue weighted by Gasteiger charge is -2.25. The summed E-state index contributed by atoms with van der Waals surface area (Å²) in [4.78, 5) is 23.8. The van der Waals surface area contributed by atoms with Crippen molar-refractivity contribution < 1.29 is 4.79 Å². The second-order valence-electron chi connectivity index (χ2n) is 7.80. The van der Waals surface area contributed by atoms with E-state index in [4.69, 9.17) is 4.99 Å². The van der Waals surface area contributed by atoms with Crippen LogP contribution < -0.4 is 10.6 Å². The van der Waals surface area contributed by atoms with Gasteiger partial charge in [-0.3, -0.25) is 14.7 Å². The van der Waals surface area contributed by atoms with Crippen molar-refractivity contribution in [1.82, 2.24) is 20.4 Å². The molecule has 2 rings (SSSR count). The average Bonchev–Trinajstić information content (AvgIpc) is 3.26. The van der Waals surface area contributed by atoms with Gasteiger partial charge >= 0.3 is 0 Å². The number of likely N-dealkylation sites (tertiary alicyclic amines) is 1. The zero-order valence-electron chi connectivity index (χ0n) is 18.5. The molecule has 6 nitrogen and oxygen atoms in total. The van der Waals surface area contributed by atoms with Crippen LogP contribution in [-0.2, 0) is 11.2 Å². The fourth-order valence-corrected chi connectivity index (χ4v) is 4.66. The first-order valence-electron chi connectivity index (χ1n) is 10.5. The molecule has 1 aliphatic rings. The first-order valence-corrected chi connectivity index (χ1v) is 11.3. The Morgan fingerprint density at radius 2 is 2.17 bits per heavy atom. The molecule has 2 heterocycles. The minimum atomic E-state index is 0. The zero-order valence-corrected chi connectivity index (χ0v) is 21.7. The van der Waals surface area contributed by atoms with Crippen molar-refractivity contribution in [2.45, 2.75) is 58.5 Å². The van der Waals surface area contributed by atoms with Gasteiger partial charge in [0.25, 0.3) is 0 Å². The molecular weight excluding hydrogens is 497 g/mol. The Hall–Kier alpha value is -0.870. The number of nitrogens with zero attached hydrogens (tertiary/aromatic N) is 3. The van der Waals surface area contributed by atoms with Gasteiger partial charge < -0.3 is 15.5 Å². The zero-order chi connectivity index (χ0) is 20.5. The van der Waals surface area contributed by atoms with E-state index < -0.39 is 0 Å². The molecule has 0 aromatic carbocycles. The first-order chi connectivity index (χ1) is 13.4. The van der Waals surface area contributed by atoms with E-state index in [-0.39, 0.29) is 35.9 Å². The summed E-state index contributed by atoms with van der Waals surface area (Å²) in [6.45, 7) is 9.99. The third-order valence-electron chi connectivity index (χ3n) is 4.99. The van der Waals surface area contributed by atoms with Gasteiger partial charge in [0.15, 0.2) is 5.96 Å². The number of rotatable bonds is 9. The second kappa shape index (κ2) is 13.4. The average molecular weight is 536 g/mol. The molecule has 1 amide bonds. The molecule has 8 heteroatoms. The van der Waals surface area contributed by atoms with Crippen LogP contribution in [0.4, 0.5) is 0 Å². The number of aryl methyl sites for hydroxylation is 1. The van der Waals surface area contributed by atoms with E-state index in [2.05, 4.69) is 48.4 Å². The SMILES string of the molecule is CCNC(=NCCCN1CCCC1C(=O)N(C)C)NC(C)Cc1ccc(C)s1.I. The van der Waals surface area contributed by atoms with E-state index in [1.807, 2.05) is 25.4 Å². The Morgan fingerprint density at radius 1 is 1.41 bits per heavy atom. The molecule has 2 N–H and O–H groups in total. The largest absolute Gasteiger partial charge is 0.357 e. The highest BCUT2D eigenvalue weighted by Gasteiger charge is 2.30. The quantitative estimate of drug-likeness (QED) is 0.221. The molecule has 0 radical (unpaired) electrons. The summed E-state index contributed by atoms with van der Waals surface area (Å²) in [7, 11) is 3.69. The van der Waals surface area contributed by atoms with Gasteiger partial charge in [0.1, 0.15) is 0 Å². The molecular formula is C21H38IN5OS. The summed E-state index contributed by atoms with van der Waals surface area (Å²) in [5, 5.41) is 6.86. The van der Waals surface area contributed by atoms with E-state index in [9.17, 15) is 4.79 Å². The van der Waals surface area contributed by atoms with Gasteiger partial charge in [-0.05, 0) is 58.7 Å². The minimum Gasteiger partial charge on any atom is -0.357 e. The molecule has 2 atom stereocenters. The van der Waals surface area contributed by atoms with Crippen molar-refractivity contribution in [3.63, 3.8) is 0 Å². The highest BCUT2D eigenvalue weighted by atomic mass is 127. The summed E-state index contributed by atoms with van der Waals surface area (Å²) in [5.41, 5.74) is 0. The lowest BCUT2D eigenvalue weighted by atomic mass is 10.2. The fraction of sp³-hybridized carbons (Fsp3) is 0.714. The number of carbonyl (C=O) groups excluding carboxylic acids is 1. The number of aliphatic imine (C=N–C) groups is 1. The third kappa shape index (κ3) is 8.80. The van der Waals surface area contributed by atoms with E-state index in [0.29, 0.717) is 6.04 Å². The van der Waals surface area contributed by atoms with Crippen LogP contribution in [0, 0.1) is 6.92 Å². The van der Waals surface area contributed by atoms with E-state index in [1.54, 1.807) is 4.90 Å². The standard InChI is InChI=1S/C21H37N5OS.HI/c1-6-22-21(24-16(2)15-18-11-10-17(3)28-18)23-12-8-14-26-13-7-9-19(26)20(27)25(4)5;/h10-11,16,19H,6-9,12-15H2,1-5H3,(H2,22,23,24);1H. The number of hydrogen-bond donors (Lipinski definition) is 2. The lowest BCUT2D eigenvalue weighted by Crippen LogP contribution is -2.44. The van der Waals surface area contributed by atoms with Crippen LogP contribution in [0.15, 0.2) is 17.1 Å². The van der Waals surface area contributed by atoms with Gasteiger partial charge in [-0.25, -0.2) is 0 Å². The maximum absolute atomic E-state index is 12.3. The molecule has 2 unspecified atom stereocenters. The highest BCUT2D eigenvalue weighted by molar-refractivity contribution is 14.0. The Morgan fingerprint density at radius 3 is 2.79 bits per heavy atom.